The van der Waals surface area contributed by atoms with Crippen LogP contribution in [-0.2, 0) is 0 Å². The number of anilines is 1. The minimum absolute atomic E-state index is 0.439. The van der Waals surface area contributed by atoms with Crippen LogP contribution < -0.4 is 15.0 Å². The molecule has 1 unspecified atom stereocenters. The Kier molecular flexibility index (Phi) is 5.21. The van der Waals surface area contributed by atoms with Gasteiger partial charge in [-0.1, -0.05) is 0 Å². The fourth-order valence-electron chi connectivity index (χ4n) is 3.68. The van der Waals surface area contributed by atoms with Gasteiger partial charge in [0.1, 0.15) is 5.75 Å². The van der Waals surface area contributed by atoms with E-state index in [1.807, 2.05) is 0 Å². The minimum Gasteiger partial charge on any atom is -0.497 e. The SMILES string of the molecule is COc1ccc(N2CCCCC2)c(C(C)N2CCNCC2)c1. The molecule has 0 amide bonds. The number of nitrogens with zero attached hydrogens (tertiary/aromatic N) is 2. The molecule has 1 N–H and O–H groups in total. The molecule has 0 aliphatic carbocycles. The standard InChI is InChI=1S/C18H29N3O/c1-15(20-12-8-19-9-13-20)17-14-16(22-2)6-7-18(17)21-10-4-3-5-11-21/h6-7,14-15,19H,3-5,8-13H2,1-2H3. The van der Waals surface area contributed by atoms with E-state index in [1.54, 1.807) is 7.11 Å². The minimum atomic E-state index is 0.439. The maximum atomic E-state index is 5.49. The molecular weight excluding hydrogens is 274 g/mol. The van der Waals surface area contributed by atoms with Crippen LogP contribution in [0.2, 0.25) is 0 Å². The lowest BCUT2D eigenvalue weighted by atomic mass is 10.0. The summed E-state index contributed by atoms with van der Waals surface area (Å²) in [6, 6.07) is 7.06. The van der Waals surface area contributed by atoms with Gasteiger partial charge in [0.05, 0.1) is 7.11 Å². The van der Waals surface area contributed by atoms with Crippen molar-refractivity contribution in [3.63, 3.8) is 0 Å². The molecule has 1 aromatic rings. The number of nitrogens with one attached hydrogen (secondary N) is 1. The number of ether oxygens (including phenoxy) is 1. The van der Waals surface area contributed by atoms with Crippen molar-refractivity contribution < 1.29 is 4.74 Å². The quantitative estimate of drug-likeness (QED) is 0.925. The van der Waals surface area contributed by atoms with Gasteiger partial charge in [-0.05, 0) is 49.9 Å². The summed E-state index contributed by atoms with van der Waals surface area (Å²) in [5.41, 5.74) is 2.83. The van der Waals surface area contributed by atoms with Gasteiger partial charge in [0, 0.05) is 51.0 Å². The van der Waals surface area contributed by atoms with E-state index in [4.69, 9.17) is 4.74 Å². The molecule has 4 nitrogen and oxygen atoms in total. The van der Waals surface area contributed by atoms with Crippen LogP contribution in [0.5, 0.6) is 5.75 Å². The number of rotatable bonds is 4. The van der Waals surface area contributed by atoms with Gasteiger partial charge in [-0.3, -0.25) is 4.90 Å². The molecule has 2 aliphatic heterocycles. The van der Waals surface area contributed by atoms with Gasteiger partial charge in [-0.15, -0.1) is 0 Å². The lowest BCUT2D eigenvalue weighted by molar-refractivity contribution is 0.185. The van der Waals surface area contributed by atoms with Crippen molar-refractivity contribution in [2.45, 2.75) is 32.2 Å². The second-order valence-corrected chi connectivity index (χ2v) is 6.43. The number of benzene rings is 1. The lowest BCUT2D eigenvalue weighted by Gasteiger charge is -2.37. The van der Waals surface area contributed by atoms with Gasteiger partial charge in [-0.2, -0.15) is 0 Å². The number of piperidine rings is 1. The average molecular weight is 303 g/mol. The first-order valence-corrected chi connectivity index (χ1v) is 8.67. The Balaban J connectivity index is 1.88. The maximum Gasteiger partial charge on any atom is 0.119 e. The average Bonchev–Trinajstić information content (AvgIpc) is 2.62. The molecule has 2 saturated heterocycles. The van der Waals surface area contributed by atoms with Crippen molar-refractivity contribution in [2.24, 2.45) is 0 Å². The van der Waals surface area contributed by atoms with E-state index < -0.39 is 0 Å². The Morgan fingerprint density at radius 3 is 2.45 bits per heavy atom. The zero-order valence-corrected chi connectivity index (χ0v) is 14.0. The highest BCUT2D eigenvalue weighted by Crippen LogP contribution is 2.34. The van der Waals surface area contributed by atoms with E-state index in [-0.39, 0.29) is 0 Å². The third-order valence-corrected chi connectivity index (χ3v) is 5.08. The van der Waals surface area contributed by atoms with Gasteiger partial charge < -0.3 is 15.0 Å². The molecule has 1 aromatic carbocycles. The molecular formula is C18H29N3O. The molecule has 0 radical (unpaired) electrons. The van der Waals surface area contributed by atoms with Gasteiger partial charge >= 0.3 is 0 Å². The zero-order chi connectivity index (χ0) is 15.4. The van der Waals surface area contributed by atoms with E-state index in [2.05, 4.69) is 40.2 Å². The monoisotopic (exact) mass is 303 g/mol. The van der Waals surface area contributed by atoms with Crippen molar-refractivity contribution in [3.05, 3.63) is 23.8 Å². The molecule has 122 valence electrons. The third kappa shape index (κ3) is 3.39. The zero-order valence-electron chi connectivity index (χ0n) is 14.0. The second kappa shape index (κ2) is 7.34. The highest BCUT2D eigenvalue weighted by molar-refractivity contribution is 5.58. The smallest absolute Gasteiger partial charge is 0.119 e. The van der Waals surface area contributed by atoms with E-state index in [9.17, 15) is 0 Å². The summed E-state index contributed by atoms with van der Waals surface area (Å²) in [7, 11) is 1.76. The first-order valence-electron chi connectivity index (χ1n) is 8.67. The summed E-state index contributed by atoms with van der Waals surface area (Å²) in [6.45, 7) is 9.14. The molecule has 2 heterocycles. The summed E-state index contributed by atoms with van der Waals surface area (Å²) >= 11 is 0. The summed E-state index contributed by atoms with van der Waals surface area (Å²) in [5.74, 6) is 0.970. The number of methoxy groups -OCH3 is 1. The molecule has 2 fully saturated rings. The lowest BCUT2D eigenvalue weighted by Crippen LogP contribution is -2.44. The molecule has 2 aliphatic rings. The van der Waals surface area contributed by atoms with E-state index >= 15 is 0 Å². The summed E-state index contributed by atoms with van der Waals surface area (Å²) in [4.78, 5) is 5.15. The Bertz CT molecular complexity index is 479. The molecule has 3 rings (SSSR count). The number of piperazine rings is 1. The third-order valence-electron chi connectivity index (χ3n) is 5.08. The summed E-state index contributed by atoms with van der Waals surface area (Å²) in [6.07, 6.45) is 4.00. The molecule has 0 aromatic heterocycles. The fraction of sp³-hybridized carbons (Fsp3) is 0.667. The topological polar surface area (TPSA) is 27.7 Å². The van der Waals surface area contributed by atoms with Gasteiger partial charge in [0.2, 0.25) is 0 Å². The number of hydrogen-bond donors (Lipinski definition) is 1. The highest BCUT2D eigenvalue weighted by Gasteiger charge is 2.23. The predicted molar refractivity (Wildman–Crippen MR) is 91.9 cm³/mol. The molecule has 0 bridgehead atoms. The molecule has 22 heavy (non-hydrogen) atoms. The van der Waals surface area contributed by atoms with Crippen molar-refractivity contribution in [3.8, 4) is 5.75 Å². The van der Waals surface area contributed by atoms with Crippen LogP contribution in [0.1, 0.15) is 37.8 Å². The maximum absolute atomic E-state index is 5.49. The highest BCUT2D eigenvalue weighted by atomic mass is 16.5. The second-order valence-electron chi connectivity index (χ2n) is 6.43. The number of hydrogen-bond acceptors (Lipinski definition) is 4. The Labute approximate surface area is 134 Å². The normalized spacial score (nSPS) is 21.6. The van der Waals surface area contributed by atoms with Crippen LogP contribution in [0.3, 0.4) is 0 Å². The van der Waals surface area contributed by atoms with Crippen LogP contribution in [0.4, 0.5) is 5.69 Å². The first kappa shape index (κ1) is 15.6. The van der Waals surface area contributed by atoms with Crippen molar-refractivity contribution >= 4 is 5.69 Å². The predicted octanol–water partition coefficient (Wildman–Crippen LogP) is 2.65. The van der Waals surface area contributed by atoms with E-state index in [0.29, 0.717) is 6.04 Å². The molecule has 0 saturated carbocycles. The van der Waals surface area contributed by atoms with Crippen molar-refractivity contribution in [1.29, 1.82) is 0 Å². The van der Waals surface area contributed by atoms with Crippen LogP contribution in [-0.4, -0.2) is 51.3 Å². The van der Waals surface area contributed by atoms with Gasteiger partial charge in [0.15, 0.2) is 0 Å². The van der Waals surface area contributed by atoms with Crippen LogP contribution in [0.25, 0.3) is 0 Å². The Morgan fingerprint density at radius 1 is 1.05 bits per heavy atom. The van der Waals surface area contributed by atoms with E-state index in [0.717, 1.165) is 31.9 Å². The Morgan fingerprint density at radius 2 is 1.77 bits per heavy atom. The van der Waals surface area contributed by atoms with E-state index in [1.165, 1.54) is 43.6 Å². The van der Waals surface area contributed by atoms with Crippen molar-refractivity contribution in [1.82, 2.24) is 10.2 Å². The largest absolute Gasteiger partial charge is 0.497 e. The summed E-state index contributed by atoms with van der Waals surface area (Å²) in [5, 5.41) is 3.44. The molecule has 0 spiro atoms. The van der Waals surface area contributed by atoms with Gasteiger partial charge in [-0.25, -0.2) is 0 Å². The molecule has 4 heteroatoms. The van der Waals surface area contributed by atoms with Crippen LogP contribution in [0, 0.1) is 0 Å². The van der Waals surface area contributed by atoms with Crippen molar-refractivity contribution in [2.75, 3.05) is 51.3 Å². The first-order chi connectivity index (χ1) is 10.8. The van der Waals surface area contributed by atoms with Crippen LogP contribution >= 0.6 is 0 Å². The Hall–Kier alpha value is -1.26. The fourth-order valence-corrected chi connectivity index (χ4v) is 3.68. The molecule has 1 atom stereocenters. The van der Waals surface area contributed by atoms with Gasteiger partial charge in [0.25, 0.3) is 0 Å². The summed E-state index contributed by atoms with van der Waals surface area (Å²) < 4.78 is 5.49. The van der Waals surface area contributed by atoms with Crippen LogP contribution in [0.15, 0.2) is 18.2 Å².